The van der Waals surface area contributed by atoms with Crippen LogP contribution in [0.2, 0.25) is 0 Å². The summed E-state index contributed by atoms with van der Waals surface area (Å²) in [4.78, 5) is 6.33. The Kier molecular flexibility index (Phi) is 6.76. The molecule has 0 radical (unpaired) electrons. The largest absolute Gasteiger partial charge is 0.372 e. The fraction of sp³-hybridized carbons (Fsp3) is 0.545. The highest BCUT2D eigenvalue weighted by molar-refractivity contribution is 5.78. The minimum Gasteiger partial charge on any atom is -0.372 e. The highest BCUT2D eigenvalue weighted by Crippen LogP contribution is 1.99. The van der Waals surface area contributed by atoms with E-state index in [1.165, 1.54) is 0 Å². The average Bonchev–Trinajstić information content (AvgIpc) is 2.15. The van der Waals surface area contributed by atoms with Crippen molar-refractivity contribution in [2.75, 3.05) is 27.2 Å². The van der Waals surface area contributed by atoms with Gasteiger partial charge in [0.2, 0.25) is 0 Å². The molecule has 14 heavy (non-hydrogen) atoms. The molecule has 3 heteroatoms. The van der Waals surface area contributed by atoms with E-state index in [2.05, 4.69) is 28.8 Å². The summed E-state index contributed by atoms with van der Waals surface area (Å²) in [5, 5.41) is 3.11. The van der Waals surface area contributed by atoms with Gasteiger partial charge in [-0.3, -0.25) is 4.99 Å². The minimum atomic E-state index is 0.825. The number of likely N-dealkylation sites (N-methyl/N-ethyl adjacent to an activating group) is 2. The first-order chi connectivity index (χ1) is 6.61. The van der Waals surface area contributed by atoms with Gasteiger partial charge in [0.05, 0.1) is 11.9 Å². The molecule has 3 nitrogen and oxygen atoms in total. The predicted octanol–water partition coefficient (Wildman–Crippen LogP) is 1.65. The van der Waals surface area contributed by atoms with Gasteiger partial charge in [-0.2, -0.15) is 0 Å². The molecule has 0 amide bonds. The molecule has 0 atom stereocenters. The van der Waals surface area contributed by atoms with Gasteiger partial charge < -0.3 is 10.2 Å². The maximum atomic E-state index is 4.18. The standard InChI is InChI=1S/C11H21N3/c1-6-11(9-13-10(2)3)14(5)8-7-12-4/h6,9,12H,2,7-8H2,1,3-5H3/b11-6+,13-9?. The Morgan fingerprint density at radius 3 is 2.64 bits per heavy atom. The van der Waals surface area contributed by atoms with Crippen LogP contribution in [0.3, 0.4) is 0 Å². The van der Waals surface area contributed by atoms with Crippen molar-refractivity contribution < 1.29 is 0 Å². The number of hydrogen-bond donors (Lipinski definition) is 1. The summed E-state index contributed by atoms with van der Waals surface area (Å²) in [5.41, 5.74) is 1.94. The van der Waals surface area contributed by atoms with Crippen molar-refractivity contribution >= 4 is 6.21 Å². The zero-order chi connectivity index (χ0) is 11.0. The summed E-state index contributed by atoms with van der Waals surface area (Å²) in [7, 11) is 4.00. The third-order valence-electron chi connectivity index (χ3n) is 1.85. The molecule has 1 N–H and O–H groups in total. The van der Waals surface area contributed by atoms with E-state index < -0.39 is 0 Å². The quantitative estimate of drug-likeness (QED) is 0.653. The van der Waals surface area contributed by atoms with Crippen LogP contribution >= 0.6 is 0 Å². The molecule has 0 saturated carbocycles. The maximum Gasteiger partial charge on any atom is 0.0506 e. The van der Waals surface area contributed by atoms with Crippen molar-refractivity contribution in [3.05, 3.63) is 24.0 Å². The first-order valence-electron chi connectivity index (χ1n) is 4.83. The molecule has 0 rings (SSSR count). The third-order valence-corrected chi connectivity index (χ3v) is 1.85. The number of aliphatic imine (C=N–C) groups is 1. The number of rotatable bonds is 6. The van der Waals surface area contributed by atoms with Crippen molar-refractivity contribution in [3.63, 3.8) is 0 Å². The van der Waals surface area contributed by atoms with Crippen LogP contribution in [0.25, 0.3) is 0 Å². The Morgan fingerprint density at radius 2 is 2.21 bits per heavy atom. The van der Waals surface area contributed by atoms with Gasteiger partial charge in [-0.1, -0.05) is 12.7 Å². The fourth-order valence-corrected chi connectivity index (χ4v) is 0.978. The number of nitrogens with one attached hydrogen (secondary N) is 1. The molecule has 0 aliphatic heterocycles. The lowest BCUT2D eigenvalue weighted by Crippen LogP contribution is -2.27. The highest BCUT2D eigenvalue weighted by Gasteiger charge is 1.98. The van der Waals surface area contributed by atoms with E-state index in [0.717, 1.165) is 24.5 Å². The molecule has 0 bridgehead atoms. The monoisotopic (exact) mass is 195 g/mol. The molecule has 0 heterocycles. The second-order valence-electron chi connectivity index (χ2n) is 3.23. The summed E-state index contributed by atoms with van der Waals surface area (Å²) < 4.78 is 0. The molecule has 0 aromatic carbocycles. The van der Waals surface area contributed by atoms with Gasteiger partial charge in [0.25, 0.3) is 0 Å². The van der Waals surface area contributed by atoms with Gasteiger partial charge in [0.15, 0.2) is 0 Å². The predicted molar refractivity (Wildman–Crippen MR) is 63.6 cm³/mol. The van der Waals surface area contributed by atoms with Gasteiger partial charge in [-0.15, -0.1) is 0 Å². The number of allylic oxidation sites excluding steroid dienone is 3. The van der Waals surface area contributed by atoms with Gasteiger partial charge >= 0.3 is 0 Å². The first-order valence-corrected chi connectivity index (χ1v) is 4.83. The van der Waals surface area contributed by atoms with Gasteiger partial charge in [-0.05, 0) is 20.9 Å². The van der Waals surface area contributed by atoms with E-state index in [-0.39, 0.29) is 0 Å². The minimum absolute atomic E-state index is 0.825. The molecule has 0 aromatic rings. The Hall–Kier alpha value is -1.09. The molecule has 0 aliphatic carbocycles. The summed E-state index contributed by atoms with van der Waals surface area (Å²) in [6.45, 7) is 9.56. The zero-order valence-corrected chi connectivity index (χ0v) is 9.67. The van der Waals surface area contributed by atoms with Crippen LogP contribution in [-0.2, 0) is 0 Å². The van der Waals surface area contributed by atoms with Crippen molar-refractivity contribution in [1.29, 1.82) is 0 Å². The van der Waals surface area contributed by atoms with Crippen molar-refractivity contribution in [2.45, 2.75) is 13.8 Å². The molecular weight excluding hydrogens is 174 g/mol. The summed E-state index contributed by atoms with van der Waals surface area (Å²) in [6, 6.07) is 0. The SMILES string of the molecule is C=C(C)N=C/C(=C\C)N(C)CCNC. The van der Waals surface area contributed by atoms with Gasteiger partial charge in [0.1, 0.15) is 0 Å². The second kappa shape index (κ2) is 7.33. The summed E-state index contributed by atoms with van der Waals surface area (Å²) >= 11 is 0. The summed E-state index contributed by atoms with van der Waals surface area (Å²) in [5.74, 6) is 0. The van der Waals surface area contributed by atoms with Crippen LogP contribution in [0.15, 0.2) is 29.0 Å². The van der Waals surface area contributed by atoms with Crippen LogP contribution < -0.4 is 5.32 Å². The molecule has 0 aliphatic rings. The lowest BCUT2D eigenvalue weighted by atomic mass is 10.3. The zero-order valence-electron chi connectivity index (χ0n) is 9.67. The lowest BCUT2D eigenvalue weighted by Gasteiger charge is -2.19. The van der Waals surface area contributed by atoms with Crippen LogP contribution in [0.1, 0.15) is 13.8 Å². The average molecular weight is 195 g/mol. The lowest BCUT2D eigenvalue weighted by molar-refractivity contribution is 0.435. The van der Waals surface area contributed by atoms with E-state index in [1.807, 2.05) is 33.2 Å². The Labute approximate surface area is 87.2 Å². The molecule has 0 spiro atoms. The van der Waals surface area contributed by atoms with E-state index in [0.29, 0.717) is 0 Å². The third kappa shape index (κ3) is 5.54. The first kappa shape index (κ1) is 12.9. The van der Waals surface area contributed by atoms with Crippen molar-refractivity contribution in [3.8, 4) is 0 Å². The maximum absolute atomic E-state index is 4.18. The van der Waals surface area contributed by atoms with Gasteiger partial charge in [-0.25, -0.2) is 0 Å². The molecule has 0 unspecified atom stereocenters. The van der Waals surface area contributed by atoms with E-state index in [4.69, 9.17) is 0 Å². The van der Waals surface area contributed by atoms with E-state index >= 15 is 0 Å². The van der Waals surface area contributed by atoms with Crippen molar-refractivity contribution in [1.82, 2.24) is 10.2 Å². The van der Waals surface area contributed by atoms with E-state index in [9.17, 15) is 0 Å². The van der Waals surface area contributed by atoms with Gasteiger partial charge in [0, 0.05) is 25.8 Å². The molecular formula is C11H21N3. The molecule has 0 saturated heterocycles. The highest BCUT2D eigenvalue weighted by atomic mass is 15.1. The number of nitrogens with zero attached hydrogens (tertiary/aromatic N) is 2. The fourth-order valence-electron chi connectivity index (χ4n) is 0.978. The second-order valence-corrected chi connectivity index (χ2v) is 3.23. The van der Waals surface area contributed by atoms with Crippen LogP contribution in [0, 0.1) is 0 Å². The molecule has 0 fully saturated rings. The topological polar surface area (TPSA) is 27.6 Å². The Bertz CT molecular complexity index is 229. The Balaban J connectivity index is 4.20. The summed E-state index contributed by atoms with van der Waals surface area (Å²) in [6.07, 6.45) is 3.89. The number of hydrogen-bond acceptors (Lipinski definition) is 3. The van der Waals surface area contributed by atoms with Crippen molar-refractivity contribution in [2.24, 2.45) is 4.99 Å². The Morgan fingerprint density at radius 1 is 1.57 bits per heavy atom. The van der Waals surface area contributed by atoms with Crippen LogP contribution in [0.5, 0.6) is 0 Å². The van der Waals surface area contributed by atoms with Crippen LogP contribution in [-0.4, -0.2) is 38.3 Å². The smallest absolute Gasteiger partial charge is 0.0506 e. The van der Waals surface area contributed by atoms with E-state index in [1.54, 1.807) is 0 Å². The molecule has 0 aromatic heterocycles. The normalized spacial score (nSPS) is 12.1. The van der Waals surface area contributed by atoms with Crippen LogP contribution in [0.4, 0.5) is 0 Å². The molecule has 80 valence electrons.